The van der Waals surface area contributed by atoms with Crippen molar-refractivity contribution in [3.8, 4) is 33.4 Å². The van der Waals surface area contributed by atoms with E-state index >= 15 is 0 Å². The van der Waals surface area contributed by atoms with Gasteiger partial charge in [0.05, 0.1) is 2.74 Å². The van der Waals surface area contributed by atoms with Crippen molar-refractivity contribution in [1.29, 1.82) is 0 Å². The lowest BCUT2D eigenvalue weighted by molar-refractivity contribution is 1.64. The van der Waals surface area contributed by atoms with Crippen LogP contribution in [0.1, 0.15) is 2.74 Å². The molecule has 0 heterocycles. The normalized spacial score (nSPS) is 12.1. The Balaban J connectivity index is 1.65. The summed E-state index contributed by atoms with van der Waals surface area (Å²) in [4.78, 5) is 0. The zero-order valence-corrected chi connectivity index (χ0v) is 19.7. The second kappa shape index (κ2) is 8.52. The predicted molar refractivity (Wildman–Crippen MR) is 155 cm³/mol. The van der Waals surface area contributed by atoms with E-state index in [4.69, 9.17) is 2.74 Å². The largest absolute Gasteiger partial charge is 0.0623 e. The fraction of sp³-hybridized carbons (Fsp3) is 0. The minimum atomic E-state index is 0.486. The van der Waals surface area contributed by atoms with Gasteiger partial charge in [-0.3, -0.25) is 0 Å². The van der Waals surface area contributed by atoms with Crippen molar-refractivity contribution in [2.24, 2.45) is 0 Å². The molecule has 0 aliphatic carbocycles. The Bertz CT molecular complexity index is 1970. The third kappa shape index (κ3) is 3.23. The first-order valence-corrected chi connectivity index (χ1v) is 12.3. The molecule has 0 fully saturated rings. The molecule has 0 aliphatic rings. The zero-order valence-electron chi connectivity index (χ0n) is 21.7. The van der Waals surface area contributed by atoms with Crippen LogP contribution in [0.15, 0.2) is 146 Å². The molecule has 0 spiro atoms. The molecular formula is C36H24. The van der Waals surface area contributed by atoms with Gasteiger partial charge in [0.15, 0.2) is 0 Å². The number of benzene rings is 7. The molecule has 7 rings (SSSR count). The molecule has 0 saturated heterocycles. The van der Waals surface area contributed by atoms with Crippen molar-refractivity contribution in [3.63, 3.8) is 0 Å². The van der Waals surface area contributed by atoms with E-state index in [-0.39, 0.29) is 0 Å². The Kier molecular flexibility index (Phi) is 4.41. The Hall–Kier alpha value is -4.68. The van der Waals surface area contributed by atoms with Crippen LogP contribution < -0.4 is 0 Å². The standard InChI is InChI=1S/C36H24/c1-3-13-25(14-4-1)27-23-24-34(29-18-8-7-17-28(27)29)36-32-21-11-9-19-30(32)35(26-15-5-2-6-16-26)31-20-10-12-22-33(31)36/h1-24H/i9D,12D. The summed E-state index contributed by atoms with van der Waals surface area (Å²) in [5.74, 6) is 0. The van der Waals surface area contributed by atoms with Crippen molar-refractivity contribution in [2.45, 2.75) is 0 Å². The maximum absolute atomic E-state index is 8.53. The van der Waals surface area contributed by atoms with Gasteiger partial charge in [-0.25, -0.2) is 0 Å². The second-order valence-corrected chi connectivity index (χ2v) is 9.13. The predicted octanol–water partition coefficient (Wildman–Crippen LogP) is 10.1. The Morgan fingerprint density at radius 1 is 0.306 bits per heavy atom. The van der Waals surface area contributed by atoms with Gasteiger partial charge in [0.2, 0.25) is 0 Å². The van der Waals surface area contributed by atoms with Crippen LogP contribution in [-0.4, -0.2) is 0 Å². The van der Waals surface area contributed by atoms with Crippen molar-refractivity contribution >= 4 is 32.3 Å². The summed E-state index contributed by atoms with van der Waals surface area (Å²) in [6, 6.07) is 46.8. The fourth-order valence-electron chi connectivity index (χ4n) is 5.59. The van der Waals surface area contributed by atoms with E-state index in [9.17, 15) is 0 Å². The molecule has 7 aromatic rings. The van der Waals surface area contributed by atoms with Gasteiger partial charge >= 0.3 is 0 Å². The topological polar surface area (TPSA) is 0 Å². The van der Waals surface area contributed by atoms with Gasteiger partial charge in [-0.15, -0.1) is 0 Å². The molecule has 0 N–H and O–H groups in total. The Morgan fingerprint density at radius 3 is 1.42 bits per heavy atom. The Morgan fingerprint density at radius 2 is 0.750 bits per heavy atom. The summed E-state index contributed by atoms with van der Waals surface area (Å²) in [5, 5.41) is 6.67. The molecule has 0 aliphatic heterocycles. The average Bonchev–Trinajstić information content (AvgIpc) is 2.96. The van der Waals surface area contributed by atoms with Gasteiger partial charge in [-0.2, -0.15) is 0 Å². The van der Waals surface area contributed by atoms with Crippen LogP contribution in [0.4, 0.5) is 0 Å². The van der Waals surface area contributed by atoms with Crippen molar-refractivity contribution in [1.82, 2.24) is 0 Å². The summed E-state index contributed by atoms with van der Waals surface area (Å²) >= 11 is 0. The zero-order chi connectivity index (χ0) is 25.6. The third-order valence-corrected chi connectivity index (χ3v) is 7.15. The Labute approximate surface area is 213 Å². The van der Waals surface area contributed by atoms with E-state index < -0.39 is 0 Å². The van der Waals surface area contributed by atoms with Crippen LogP contribution in [0.5, 0.6) is 0 Å². The molecule has 0 nitrogen and oxygen atoms in total. The summed E-state index contributed by atoms with van der Waals surface area (Å²) < 4.78 is 17.0. The van der Waals surface area contributed by atoms with Gasteiger partial charge in [-0.05, 0) is 65.7 Å². The smallest absolute Gasteiger partial charge is 0.0622 e. The van der Waals surface area contributed by atoms with Crippen LogP contribution in [0.3, 0.4) is 0 Å². The molecule has 7 aromatic carbocycles. The molecule has 168 valence electrons. The van der Waals surface area contributed by atoms with Crippen molar-refractivity contribution in [3.05, 3.63) is 146 Å². The number of hydrogen-bond donors (Lipinski definition) is 0. The number of rotatable bonds is 3. The highest BCUT2D eigenvalue weighted by molar-refractivity contribution is 6.24. The maximum atomic E-state index is 8.53. The summed E-state index contributed by atoms with van der Waals surface area (Å²) in [5.41, 5.74) is 6.86. The number of hydrogen-bond acceptors (Lipinski definition) is 0. The van der Waals surface area contributed by atoms with E-state index in [0.717, 1.165) is 43.8 Å². The second-order valence-electron chi connectivity index (χ2n) is 9.13. The summed E-state index contributed by atoms with van der Waals surface area (Å²) in [7, 11) is 0. The highest BCUT2D eigenvalue weighted by atomic mass is 14.2. The first-order chi connectivity index (χ1) is 18.7. The van der Waals surface area contributed by atoms with E-state index in [2.05, 4.69) is 97.1 Å². The van der Waals surface area contributed by atoms with Crippen LogP contribution in [0, 0.1) is 0 Å². The lowest BCUT2D eigenvalue weighted by Crippen LogP contribution is -1.92. The van der Waals surface area contributed by atoms with Crippen LogP contribution in [-0.2, 0) is 0 Å². The monoisotopic (exact) mass is 458 g/mol. The van der Waals surface area contributed by atoms with Gasteiger partial charge in [0.25, 0.3) is 0 Å². The molecular weight excluding hydrogens is 432 g/mol. The van der Waals surface area contributed by atoms with Crippen LogP contribution >= 0.6 is 0 Å². The van der Waals surface area contributed by atoms with E-state index in [1.807, 2.05) is 36.4 Å². The summed E-state index contributed by atoms with van der Waals surface area (Å²) in [6.45, 7) is 0. The lowest BCUT2D eigenvalue weighted by atomic mass is 9.84. The molecule has 0 heteroatoms. The van der Waals surface area contributed by atoms with Gasteiger partial charge < -0.3 is 0 Å². The highest BCUT2D eigenvalue weighted by Crippen LogP contribution is 2.46. The average molecular weight is 459 g/mol. The first kappa shape index (κ1) is 18.6. The van der Waals surface area contributed by atoms with Crippen molar-refractivity contribution < 1.29 is 2.74 Å². The quantitative estimate of drug-likeness (QED) is 0.231. The molecule has 0 aromatic heterocycles. The molecule has 0 radical (unpaired) electrons. The van der Waals surface area contributed by atoms with Crippen LogP contribution in [0.25, 0.3) is 65.7 Å². The van der Waals surface area contributed by atoms with E-state index in [1.54, 1.807) is 0 Å². The lowest BCUT2D eigenvalue weighted by Gasteiger charge is -2.19. The molecule has 0 bridgehead atoms. The van der Waals surface area contributed by atoms with E-state index in [1.165, 1.54) is 21.9 Å². The van der Waals surface area contributed by atoms with Gasteiger partial charge in [0.1, 0.15) is 0 Å². The molecule has 36 heavy (non-hydrogen) atoms. The van der Waals surface area contributed by atoms with Crippen molar-refractivity contribution in [2.75, 3.05) is 0 Å². The van der Waals surface area contributed by atoms with Gasteiger partial charge in [0, 0.05) is 0 Å². The third-order valence-electron chi connectivity index (χ3n) is 7.15. The van der Waals surface area contributed by atoms with Gasteiger partial charge in [-0.1, -0.05) is 146 Å². The minimum absolute atomic E-state index is 0.486. The highest BCUT2D eigenvalue weighted by Gasteiger charge is 2.18. The molecule has 0 unspecified atom stereocenters. The summed E-state index contributed by atoms with van der Waals surface area (Å²) in [6.07, 6.45) is 0. The van der Waals surface area contributed by atoms with Crippen LogP contribution in [0.2, 0.25) is 0 Å². The number of fused-ring (bicyclic) bond motifs is 3. The SMILES string of the molecule is [2H]c1ccc2c(-c3ccc(-c4ccccc4)c4ccccc34)c3cc([2H])ccc3c(-c3ccccc3)c2c1. The maximum Gasteiger partial charge on any atom is 0.0623 e. The molecule has 0 atom stereocenters. The molecule has 0 saturated carbocycles. The minimum Gasteiger partial charge on any atom is -0.0622 e. The molecule has 0 amide bonds. The van der Waals surface area contributed by atoms with E-state index in [0.29, 0.717) is 12.1 Å². The fourth-order valence-corrected chi connectivity index (χ4v) is 5.59. The first-order valence-electron chi connectivity index (χ1n) is 13.3.